The first-order chi connectivity index (χ1) is 10.7. The van der Waals surface area contributed by atoms with E-state index in [1.807, 2.05) is 31.2 Å². The van der Waals surface area contributed by atoms with Gasteiger partial charge in [-0.25, -0.2) is 0 Å². The molecule has 0 radical (unpaired) electrons. The summed E-state index contributed by atoms with van der Waals surface area (Å²) in [4.78, 5) is 24.6. The quantitative estimate of drug-likeness (QED) is 0.925. The number of aryl methyl sites for hydroxylation is 1. The molecule has 0 saturated heterocycles. The van der Waals surface area contributed by atoms with Crippen molar-refractivity contribution in [2.24, 2.45) is 0 Å². The molecule has 2 unspecified atom stereocenters. The molecule has 1 aliphatic carbocycles. The first kappa shape index (κ1) is 15.7. The van der Waals surface area contributed by atoms with Crippen LogP contribution in [0.1, 0.15) is 47.7 Å². The van der Waals surface area contributed by atoms with Gasteiger partial charge in [-0.1, -0.05) is 0 Å². The number of aliphatic hydroxyl groups is 1. The van der Waals surface area contributed by atoms with Crippen LogP contribution in [0.5, 0.6) is 5.75 Å². The average Bonchev–Trinajstić information content (AvgIpc) is 2.44. The predicted octanol–water partition coefficient (Wildman–Crippen LogP) is 3.17. The zero-order valence-corrected chi connectivity index (χ0v) is 13.8. The SMILES string of the molecule is COc1cc(C)c2cc3c(cc2c1)C(C(C)=O)C(C)(O)CC3=O. The molecule has 0 heterocycles. The van der Waals surface area contributed by atoms with E-state index in [9.17, 15) is 14.7 Å². The third kappa shape index (κ3) is 2.43. The molecule has 2 aromatic rings. The van der Waals surface area contributed by atoms with Gasteiger partial charge in [0.25, 0.3) is 0 Å². The van der Waals surface area contributed by atoms with Crippen LogP contribution in [0.4, 0.5) is 0 Å². The van der Waals surface area contributed by atoms with Crippen LogP contribution in [0.2, 0.25) is 0 Å². The Hall–Kier alpha value is -2.20. The normalized spacial score (nSPS) is 23.7. The van der Waals surface area contributed by atoms with Crippen molar-refractivity contribution in [2.75, 3.05) is 7.11 Å². The summed E-state index contributed by atoms with van der Waals surface area (Å²) in [6.45, 7) is 4.98. The van der Waals surface area contributed by atoms with Crippen LogP contribution in [-0.2, 0) is 4.79 Å². The Balaban J connectivity index is 2.34. The predicted molar refractivity (Wildman–Crippen MR) is 88.2 cm³/mol. The van der Waals surface area contributed by atoms with Crippen molar-refractivity contribution < 1.29 is 19.4 Å². The van der Waals surface area contributed by atoms with E-state index in [2.05, 4.69) is 0 Å². The van der Waals surface area contributed by atoms with E-state index in [1.165, 1.54) is 6.92 Å². The molecule has 2 atom stereocenters. The molecule has 2 aromatic carbocycles. The molecule has 0 bridgehead atoms. The number of fused-ring (bicyclic) bond motifs is 2. The monoisotopic (exact) mass is 312 g/mol. The average molecular weight is 312 g/mol. The van der Waals surface area contributed by atoms with Crippen molar-refractivity contribution in [3.63, 3.8) is 0 Å². The second kappa shape index (κ2) is 5.17. The molecular formula is C19H20O4. The van der Waals surface area contributed by atoms with Crippen LogP contribution in [0.3, 0.4) is 0 Å². The van der Waals surface area contributed by atoms with Gasteiger partial charge in [-0.2, -0.15) is 0 Å². The lowest BCUT2D eigenvalue weighted by Gasteiger charge is -2.36. The Morgan fingerprint density at radius 2 is 2.00 bits per heavy atom. The molecule has 0 aromatic heterocycles. The van der Waals surface area contributed by atoms with Crippen LogP contribution < -0.4 is 4.74 Å². The molecular weight excluding hydrogens is 292 g/mol. The number of hydrogen-bond acceptors (Lipinski definition) is 4. The van der Waals surface area contributed by atoms with E-state index >= 15 is 0 Å². The second-order valence-corrected chi connectivity index (χ2v) is 6.61. The highest BCUT2D eigenvalue weighted by Crippen LogP contribution is 2.42. The Labute approximate surface area is 135 Å². The largest absolute Gasteiger partial charge is 0.497 e. The van der Waals surface area contributed by atoms with Gasteiger partial charge in [0.15, 0.2) is 5.78 Å². The molecule has 3 rings (SSSR count). The Kier molecular flexibility index (Phi) is 3.52. The molecule has 0 amide bonds. The number of hydrogen-bond donors (Lipinski definition) is 1. The Morgan fingerprint density at radius 1 is 1.30 bits per heavy atom. The number of carbonyl (C=O) groups is 2. The van der Waals surface area contributed by atoms with Gasteiger partial charge in [-0.15, -0.1) is 0 Å². The summed E-state index contributed by atoms with van der Waals surface area (Å²) in [5.41, 5.74) is 0.806. The highest BCUT2D eigenvalue weighted by Gasteiger charge is 2.44. The number of methoxy groups -OCH3 is 1. The van der Waals surface area contributed by atoms with Crippen molar-refractivity contribution in [2.45, 2.75) is 38.7 Å². The molecule has 0 saturated carbocycles. The topological polar surface area (TPSA) is 63.6 Å². The lowest BCUT2D eigenvalue weighted by molar-refractivity contribution is -0.124. The number of ketones is 2. The number of benzene rings is 2. The van der Waals surface area contributed by atoms with Gasteiger partial charge in [0.1, 0.15) is 11.5 Å². The molecule has 23 heavy (non-hydrogen) atoms. The number of Topliss-reactive ketones (excluding diaryl/α,β-unsaturated/α-hetero) is 2. The maximum absolute atomic E-state index is 12.5. The standard InChI is InChI=1S/C19H20O4/c1-10-5-13(23-4)6-12-7-16-15(8-14(10)12)17(21)9-19(3,22)18(16)11(2)20/h5-8,18,22H,9H2,1-4H3. The minimum atomic E-state index is -1.35. The molecule has 4 nitrogen and oxygen atoms in total. The number of ether oxygens (including phenoxy) is 1. The van der Waals surface area contributed by atoms with Crippen LogP contribution >= 0.6 is 0 Å². The first-order valence-corrected chi connectivity index (χ1v) is 7.63. The van der Waals surface area contributed by atoms with Crippen molar-refractivity contribution >= 4 is 22.3 Å². The van der Waals surface area contributed by atoms with Gasteiger partial charge >= 0.3 is 0 Å². The van der Waals surface area contributed by atoms with Gasteiger partial charge in [-0.05, 0) is 66.9 Å². The molecule has 1 aliphatic rings. The summed E-state index contributed by atoms with van der Waals surface area (Å²) in [7, 11) is 1.60. The first-order valence-electron chi connectivity index (χ1n) is 7.63. The highest BCUT2D eigenvalue weighted by molar-refractivity contribution is 6.07. The van der Waals surface area contributed by atoms with Gasteiger partial charge < -0.3 is 9.84 Å². The van der Waals surface area contributed by atoms with Gasteiger partial charge in [0, 0.05) is 12.0 Å². The van der Waals surface area contributed by atoms with Crippen LogP contribution in [-0.4, -0.2) is 29.4 Å². The maximum Gasteiger partial charge on any atom is 0.166 e. The van der Waals surface area contributed by atoms with Crippen molar-refractivity contribution in [3.05, 3.63) is 41.0 Å². The van der Waals surface area contributed by atoms with E-state index in [0.29, 0.717) is 11.1 Å². The summed E-state index contributed by atoms with van der Waals surface area (Å²) >= 11 is 0. The van der Waals surface area contributed by atoms with Gasteiger partial charge in [-0.3, -0.25) is 9.59 Å². The fraction of sp³-hybridized carbons (Fsp3) is 0.368. The van der Waals surface area contributed by atoms with Gasteiger partial charge in [0.05, 0.1) is 18.6 Å². The summed E-state index contributed by atoms with van der Waals surface area (Å²) in [5.74, 6) is -0.225. The maximum atomic E-state index is 12.5. The Morgan fingerprint density at radius 3 is 2.61 bits per heavy atom. The Bertz CT molecular complexity index is 833. The van der Waals surface area contributed by atoms with Crippen molar-refractivity contribution in [1.29, 1.82) is 0 Å². The smallest absolute Gasteiger partial charge is 0.166 e. The van der Waals surface area contributed by atoms with Crippen LogP contribution in [0.15, 0.2) is 24.3 Å². The second-order valence-electron chi connectivity index (χ2n) is 6.61. The zero-order valence-electron chi connectivity index (χ0n) is 13.8. The number of rotatable bonds is 2. The molecule has 1 N–H and O–H groups in total. The van der Waals surface area contributed by atoms with E-state index in [1.54, 1.807) is 14.0 Å². The van der Waals surface area contributed by atoms with Crippen LogP contribution in [0, 0.1) is 6.92 Å². The summed E-state index contributed by atoms with van der Waals surface area (Å²) in [6, 6.07) is 7.49. The minimum Gasteiger partial charge on any atom is -0.497 e. The molecule has 120 valence electrons. The zero-order chi connectivity index (χ0) is 16.9. The lowest BCUT2D eigenvalue weighted by Crippen LogP contribution is -2.43. The number of carbonyl (C=O) groups excluding carboxylic acids is 2. The fourth-order valence-corrected chi connectivity index (χ4v) is 3.69. The fourth-order valence-electron chi connectivity index (χ4n) is 3.69. The van der Waals surface area contributed by atoms with Crippen molar-refractivity contribution in [3.8, 4) is 5.75 Å². The van der Waals surface area contributed by atoms with Crippen molar-refractivity contribution in [1.82, 2.24) is 0 Å². The van der Waals surface area contributed by atoms with E-state index < -0.39 is 11.5 Å². The molecule has 0 fully saturated rings. The third-order valence-electron chi connectivity index (χ3n) is 4.70. The van der Waals surface area contributed by atoms with Crippen LogP contribution in [0.25, 0.3) is 10.8 Å². The molecule has 4 heteroatoms. The van der Waals surface area contributed by atoms with E-state index in [-0.39, 0.29) is 18.0 Å². The summed E-state index contributed by atoms with van der Waals surface area (Å²) < 4.78 is 5.30. The minimum absolute atomic E-state index is 0.0368. The lowest BCUT2D eigenvalue weighted by atomic mass is 9.70. The van der Waals surface area contributed by atoms with E-state index in [4.69, 9.17) is 4.74 Å². The summed E-state index contributed by atoms with van der Waals surface area (Å²) in [5, 5.41) is 12.4. The highest BCUT2D eigenvalue weighted by atomic mass is 16.5. The van der Waals surface area contributed by atoms with E-state index in [0.717, 1.165) is 22.1 Å². The molecule has 0 spiro atoms. The summed E-state index contributed by atoms with van der Waals surface area (Å²) in [6.07, 6.45) is -0.0368. The molecule has 0 aliphatic heterocycles. The van der Waals surface area contributed by atoms with Gasteiger partial charge in [0.2, 0.25) is 0 Å². The third-order valence-corrected chi connectivity index (χ3v) is 4.70.